The van der Waals surface area contributed by atoms with Gasteiger partial charge in [-0.05, 0) is 25.3 Å². The van der Waals surface area contributed by atoms with Crippen molar-refractivity contribution in [2.75, 3.05) is 19.6 Å². The molecule has 2 N–H and O–H groups in total. The minimum Gasteiger partial charge on any atom is -0.327 e. The normalized spacial score (nSPS) is 30.4. The van der Waals surface area contributed by atoms with Gasteiger partial charge in [-0.25, -0.2) is 0 Å². The number of hydrogen-bond acceptors (Lipinski definition) is 2. The predicted octanol–water partition coefficient (Wildman–Crippen LogP) is 1.62. The molecular weight excluding hydrogens is 160 g/mol. The molecule has 1 aliphatic heterocycles. The van der Waals surface area contributed by atoms with Gasteiger partial charge in [0.25, 0.3) is 0 Å². The highest BCUT2D eigenvalue weighted by atomic mass is 15.1. The van der Waals surface area contributed by atoms with E-state index in [-0.39, 0.29) is 0 Å². The third-order valence-electron chi connectivity index (χ3n) is 3.00. The molecule has 0 amide bonds. The third-order valence-corrected chi connectivity index (χ3v) is 3.00. The van der Waals surface area contributed by atoms with Crippen LogP contribution in [0.25, 0.3) is 0 Å². The van der Waals surface area contributed by atoms with Gasteiger partial charge in [0, 0.05) is 19.1 Å². The average molecular weight is 182 g/mol. The molecule has 0 bridgehead atoms. The van der Waals surface area contributed by atoms with Gasteiger partial charge < -0.3 is 5.73 Å². The lowest BCUT2D eigenvalue weighted by molar-refractivity contribution is 0.176. The van der Waals surface area contributed by atoms with E-state index in [0.717, 1.165) is 32.5 Å². The highest BCUT2D eigenvalue weighted by Gasteiger charge is 2.22. The first kappa shape index (κ1) is 10.7. The Bertz CT molecular complexity index is 177. The van der Waals surface area contributed by atoms with Gasteiger partial charge in [-0.2, -0.15) is 0 Å². The summed E-state index contributed by atoms with van der Waals surface area (Å²) in [6.45, 7) is 11.8. The summed E-state index contributed by atoms with van der Waals surface area (Å²) < 4.78 is 0. The van der Waals surface area contributed by atoms with Gasteiger partial charge >= 0.3 is 0 Å². The lowest BCUT2D eigenvalue weighted by atomic mass is 9.94. The van der Waals surface area contributed by atoms with Crippen LogP contribution in [-0.2, 0) is 0 Å². The van der Waals surface area contributed by atoms with E-state index >= 15 is 0 Å². The van der Waals surface area contributed by atoms with E-state index in [2.05, 4.69) is 25.3 Å². The van der Waals surface area contributed by atoms with Crippen LogP contribution in [0.3, 0.4) is 0 Å². The van der Waals surface area contributed by atoms with Crippen molar-refractivity contribution in [1.82, 2.24) is 4.90 Å². The molecule has 76 valence electrons. The van der Waals surface area contributed by atoms with Gasteiger partial charge in [0.15, 0.2) is 0 Å². The van der Waals surface area contributed by atoms with Crippen LogP contribution in [0.15, 0.2) is 12.2 Å². The molecule has 0 saturated carbocycles. The van der Waals surface area contributed by atoms with Crippen LogP contribution in [0.4, 0.5) is 0 Å². The molecule has 1 fully saturated rings. The van der Waals surface area contributed by atoms with Crippen LogP contribution in [-0.4, -0.2) is 30.6 Å². The molecule has 1 rings (SSSR count). The molecule has 1 saturated heterocycles. The summed E-state index contributed by atoms with van der Waals surface area (Å²) in [6.07, 6.45) is 2.23. The molecule has 2 unspecified atom stereocenters. The van der Waals surface area contributed by atoms with Crippen LogP contribution < -0.4 is 5.73 Å². The standard InChI is InChI=1S/C11H22N2/c1-4-9(2)7-13-6-5-11(12)10(3)8-13/h10-11H,2,4-8,12H2,1,3H3. The first-order chi connectivity index (χ1) is 6.13. The maximum atomic E-state index is 5.95. The Morgan fingerprint density at radius 2 is 2.31 bits per heavy atom. The number of hydrogen-bond donors (Lipinski definition) is 1. The Kier molecular flexibility index (Phi) is 3.94. The summed E-state index contributed by atoms with van der Waals surface area (Å²) >= 11 is 0. The number of nitrogens with two attached hydrogens (primary N) is 1. The number of rotatable bonds is 3. The summed E-state index contributed by atoms with van der Waals surface area (Å²) in [5.74, 6) is 0.637. The highest BCUT2D eigenvalue weighted by Crippen LogP contribution is 2.16. The first-order valence-corrected chi connectivity index (χ1v) is 5.28. The highest BCUT2D eigenvalue weighted by molar-refractivity contribution is 4.97. The SMILES string of the molecule is C=C(CC)CN1CCC(N)C(C)C1. The van der Waals surface area contributed by atoms with E-state index in [1.54, 1.807) is 0 Å². The maximum Gasteiger partial charge on any atom is 0.0190 e. The third kappa shape index (κ3) is 3.12. The van der Waals surface area contributed by atoms with Gasteiger partial charge in [0.1, 0.15) is 0 Å². The molecule has 0 spiro atoms. The zero-order valence-electron chi connectivity index (χ0n) is 8.92. The Labute approximate surface area is 81.8 Å². The Hall–Kier alpha value is -0.340. The van der Waals surface area contributed by atoms with Gasteiger partial charge in [-0.15, -0.1) is 0 Å². The van der Waals surface area contributed by atoms with E-state index in [0.29, 0.717) is 12.0 Å². The van der Waals surface area contributed by atoms with Gasteiger partial charge in [0.05, 0.1) is 0 Å². The van der Waals surface area contributed by atoms with Crippen LogP contribution >= 0.6 is 0 Å². The van der Waals surface area contributed by atoms with E-state index < -0.39 is 0 Å². The second-order valence-electron chi connectivity index (χ2n) is 4.27. The molecule has 2 heteroatoms. The Morgan fingerprint density at radius 1 is 1.62 bits per heavy atom. The summed E-state index contributed by atoms with van der Waals surface area (Å²) in [5, 5.41) is 0. The lowest BCUT2D eigenvalue weighted by Gasteiger charge is -2.35. The van der Waals surface area contributed by atoms with Gasteiger partial charge in [-0.1, -0.05) is 26.0 Å². The molecule has 1 aliphatic rings. The van der Waals surface area contributed by atoms with Crippen molar-refractivity contribution in [3.63, 3.8) is 0 Å². The summed E-state index contributed by atoms with van der Waals surface area (Å²) in [7, 11) is 0. The molecule has 0 aliphatic carbocycles. The fraction of sp³-hybridized carbons (Fsp3) is 0.818. The molecule has 0 radical (unpaired) electrons. The summed E-state index contributed by atoms with van der Waals surface area (Å²) in [4.78, 5) is 2.47. The van der Waals surface area contributed by atoms with Crippen molar-refractivity contribution in [2.45, 2.75) is 32.7 Å². The smallest absolute Gasteiger partial charge is 0.0190 e. The minimum absolute atomic E-state index is 0.408. The van der Waals surface area contributed by atoms with Crippen LogP contribution in [0.1, 0.15) is 26.7 Å². The lowest BCUT2D eigenvalue weighted by Crippen LogP contribution is -2.46. The van der Waals surface area contributed by atoms with Gasteiger partial charge in [-0.3, -0.25) is 4.90 Å². The van der Waals surface area contributed by atoms with E-state index in [4.69, 9.17) is 5.73 Å². The fourth-order valence-corrected chi connectivity index (χ4v) is 1.82. The van der Waals surface area contributed by atoms with Crippen molar-refractivity contribution in [2.24, 2.45) is 11.7 Å². The van der Waals surface area contributed by atoms with E-state index in [1.165, 1.54) is 5.57 Å². The van der Waals surface area contributed by atoms with Crippen molar-refractivity contribution in [3.8, 4) is 0 Å². The monoisotopic (exact) mass is 182 g/mol. The van der Waals surface area contributed by atoms with E-state index in [9.17, 15) is 0 Å². The second-order valence-corrected chi connectivity index (χ2v) is 4.27. The molecule has 0 aromatic carbocycles. The minimum atomic E-state index is 0.408. The first-order valence-electron chi connectivity index (χ1n) is 5.28. The Balaban J connectivity index is 2.33. The second kappa shape index (κ2) is 4.77. The van der Waals surface area contributed by atoms with Crippen molar-refractivity contribution < 1.29 is 0 Å². The zero-order valence-corrected chi connectivity index (χ0v) is 8.92. The predicted molar refractivity (Wildman–Crippen MR) is 57.6 cm³/mol. The van der Waals surface area contributed by atoms with Crippen molar-refractivity contribution in [3.05, 3.63) is 12.2 Å². The molecule has 0 aromatic rings. The molecule has 1 heterocycles. The topological polar surface area (TPSA) is 29.3 Å². The zero-order chi connectivity index (χ0) is 9.84. The van der Waals surface area contributed by atoms with Crippen LogP contribution in [0.2, 0.25) is 0 Å². The average Bonchev–Trinajstić information content (AvgIpc) is 2.11. The van der Waals surface area contributed by atoms with Crippen LogP contribution in [0.5, 0.6) is 0 Å². The maximum absolute atomic E-state index is 5.95. The Morgan fingerprint density at radius 3 is 2.85 bits per heavy atom. The molecular formula is C11H22N2. The van der Waals surface area contributed by atoms with Crippen molar-refractivity contribution >= 4 is 0 Å². The molecule has 2 nitrogen and oxygen atoms in total. The van der Waals surface area contributed by atoms with Crippen molar-refractivity contribution in [1.29, 1.82) is 0 Å². The number of likely N-dealkylation sites (tertiary alicyclic amines) is 1. The molecule has 0 aromatic heterocycles. The van der Waals surface area contributed by atoms with E-state index in [1.807, 2.05) is 0 Å². The molecule has 13 heavy (non-hydrogen) atoms. The quantitative estimate of drug-likeness (QED) is 0.672. The summed E-state index contributed by atoms with van der Waals surface area (Å²) in [6, 6.07) is 0.408. The molecule has 2 atom stereocenters. The largest absolute Gasteiger partial charge is 0.327 e. The fourth-order valence-electron chi connectivity index (χ4n) is 1.82. The number of piperidine rings is 1. The summed E-state index contributed by atoms with van der Waals surface area (Å²) in [5.41, 5.74) is 7.29. The van der Waals surface area contributed by atoms with Gasteiger partial charge in [0.2, 0.25) is 0 Å². The van der Waals surface area contributed by atoms with Crippen LogP contribution in [0, 0.1) is 5.92 Å². The number of nitrogens with zero attached hydrogens (tertiary/aromatic N) is 1.